The normalized spacial score (nSPS) is 16.0. The van der Waals surface area contributed by atoms with Crippen LogP contribution in [0.15, 0.2) is 18.3 Å². The van der Waals surface area contributed by atoms with Crippen LogP contribution in [0.25, 0.3) is 16.7 Å². The summed E-state index contributed by atoms with van der Waals surface area (Å²) in [4.78, 5) is 13.8. The van der Waals surface area contributed by atoms with E-state index in [0.717, 1.165) is 53.1 Å². The first-order valence-corrected chi connectivity index (χ1v) is 10.8. The van der Waals surface area contributed by atoms with Crippen LogP contribution in [0.1, 0.15) is 42.3 Å². The molecule has 4 aromatic rings. The van der Waals surface area contributed by atoms with Crippen molar-refractivity contribution >= 4 is 34.3 Å². The second-order valence-electron chi connectivity index (χ2n) is 8.08. The van der Waals surface area contributed by atoms with E-state index in [2.05, 4.69) is 26.4 Å². The van der Waals surface area contributed by atoms with Gasteiger partial charge in [0.1, 0.15) is 5.69 Å². The van der Waals surface area contributed by atoms with Crippen molar-refractivity contribution < 1.29 is 4.74 Å². The number of halogens is 1. The van der Waals surface area contributed by atoms with Gasteiger partial charge in [0, 0.05) is 30.8 Å². The van der Waals surface area contributed by atoms with Gasteiger partial charge in [-0.1, -0.05) is 11.6 Å². The Morgan fingerprint density at radius 2 is 2.03 bits per heavy atom. The lowest BCUT2D eigenvalue weighted by molar-refractivity contribution is 0.288. The monoisotopic (exact) mass is 436 g/mol. The zero-order valence-electron chi connectivity index (χ0n) is 17.3. The third-order valence-corrected chi connectivity index (χ3v) is 5.99. The first-order valence-electron chi connectivity index (χ1n) is 10.4. The van der Waals surface area contributed by atoms with E-state index in [-0.39, 0.29) is 0 Å². The van der Waals surface area contributed by atoms with Gasteiger partial charge in [-0.3, -0.25) is 4.98 Å². The number of hydrogen-bond acceptors (Lipinski definition) is 7. The molecule has 0 unspecified atom stereocenters. The van der Waals surface area contributed by atoms with Crippen LogP contribution in [0.4, 0.5) is 11.6 Å². The molecule has 4 aromatic heterocycles. The van der Waals surface area contributed by atoms with Crippen molar-refractivity contribution in [3.8, 4) is 11.6 Å². The smallest absolute Gasteiger partial charge is 0.257 e. The summed E-state index contributed by atoms with van der Waals surface area (Å²) in [5.74, 6) is 1.43. The molecule has 6 rings (SSSR count). The molecule has 1 saturated carbocycles. The first kappa shape index (κ1) is 18.6. The Balaban J connectivity index is 1.53. The summed E-state index contributed by atoms with van der Waals surface area (Å²) in [7, 11) is 0. The zero-order chi connectivity index (χ0) is 21.1. The third kappa shape index (κ3) is 3.11. The lowest BCUT2D eigenvalue weighted by atomic mass is 10.2. The number of hydrogen-bond donors (Lipinski definition) is 1. The maximum absolute atomic E-state index is 6.27. The number of rotatable bonds is 2. The molecule has 0 atom stereocenters. The molecule has 1 aliphatic carbocycles. The topological polar surface area (TPSA) is 95.6 Å². The van der Waals surface area contributed by atoms with Gasteiger partial charge >= 0.3 is 0 Å². The fraction of sp³-hybridized carbons (Fsp3) is 0.381. The van der Waals surface area contributed by atoms with Crippen molar-refractivity contribution in [3.05, 3.63) is 40.6 Å². The Morgan fingerprint density at radius 3 is 2.84 bits per heavy atom. The number of anilines is 2. The maximum atomic E-state index is 6.27. The lowest BCUT2D eigenvalue weighted by Gasteiger charge is -2.11. The minimum absolute atomic E-state index is 0.405. The molecule has 1 N–H and O–H groups in total. The van der Waals surface area contributed by atoms with Crippen LogP contribution < -0.4 is 10.1 Å². The standard InChI is InChI=1S/C21H21ClN8O/c1-11-4-7-15(12(2)24-11)30-17(13-5-6-13)16-20(28-30)31-9-3-8-29-19-14(18(22)27-29)10-23-21(25-16)26-19/h4,7,10,13H,3,5-6,8-9H2,1-2H3,(H,23,25,26). The second-order valence-corrected chi connectivity index (χ2v) is 8.44. The molecular formula is C21H21ClN8O. The highest BCUT2D eigenvalue weighted by Gasteiger charge is 2.35. The quantitative estimate of drug-likeness (QED) is 0.505. The Hall–Kier alpha value is -3.20. The molecule has 0 saturated heterocycles. The van der Waals surface area contributed by atoms with Crippen LogP contribution in [0.3, 0.4) is 0 Å². The summed E-state index contributed by atoms with van der Waals surface area (Å²) in [6.45, 7) is 5.15. The second kappa shape index (κ2) is 6.91. The highest BCUT2D eigenvalue weighted by molar-refractivity contribution is 6.34. The molecule has 0 amide bonds. The zero-order valence-corrected chi connectivity index (χ0v) is 18.0. The number of nitrogens with zero attached hydrogens (tertiary/aromatic N) is 7. The average molecular weight is 437 g/mol. The third-order valence-electron chi connectivity index (χ3n) is 5.71. The number of ether oxygens (including phenoxy) is 1. The molecule has 9 nitrogen and oxygen atoms in total. The predicted molar refractivity (Wildman–Crippen MR) is 117 cm³/mol. The molecule has 0 aromatic carbocycles. The SMILES string of the molecule is Cc1ccc(-n2nc3c(c2C2CC2)Nc2ncc4c(Cl)nn(c4n2)CCCO3)c(C)n1. The van der Waals surface area contributed by atoms with Gasteiger partial charge in [0.05, 0.1) is 29.1 Å². The molecule has 31 heavy (non-hydrogen) atoms. The van der Waals surface area contributed by atoms with Crippen molar-refractivity contribution in [1.82, 2.24) is 34.5 Å². The number of aryl methyl sites for hydroxylation is 3. The van der Waals surface area contributed by atoms with E-state index >= 15 is 0 Å². The molecule has 2 bridgehead atoms. The Morgan fingerprint density at radius 1 is 1.16 bits per heavy atom. The van der Waals surface area contributed by atoms with Crippen molar-refractivity contribution in [2.45, 2.75) is 45.6 Å². The minimum Gasteiger partial charge on any atom is -0.475 e. The van der Waals surface area contributed by atoms with Crippen LogP contribution in [0, 0.1) is 13.8 Å². The Kier molecular flexibility index (Phi) is 4.14. The van der Waals surface area contributed by atoms with Crippen molar-refractivity contribution in [1.29, 1.82) is 0 Å². The first-order chi connectivity index (χ1) is 15.1. The molecule has 1 fully saturated rings. The highest BCUT2D eigenvalue weighted by atomic mass is 35.5. The summed E-state index contributed by atoms with van der Waals surface area (Å²) in [6.07, 6.45) is 4.69. The van der Waals surface area contributed by atoms with E-state index in [1.807, 2.05) is 24.6 Å². The minimum atomic E-state index is 0.405. The van der Waals surface area contributed by atoms with Crippen LogP contribution in [0.2, 0.25) is 5.15 Å². The molecule has 5 heterocycles. The summed E-state index contributed by atoms with van der Waals surface area (Å²) < 4.78 is 9.92. The van der Waals surface area contributed by atoms with Gasteiger partial charge in [-0.05, 0) is 38.8 Å². The largest absolute Gasteiger partial charge is 0.475 e. The van der Waals surface area contributed by atoms with Crippen LogP contribution in [-0.4, -0.2) is 41.1 Å². The molecule has 2 aliphatic rings. The van der Waals surface area contributed by atoms with Gasteiger partial charge in [0.25, 0.3) is 5.88 Å². The molecule has 158 valence electrons. The molecule has 0 spiro atoms. The van der Waals surface area contributed by atoms with Gasteiger partial charge in [0.15, 0.2) is 10.8 Å². The van der Waals surface area contributed by atoms with Gasteiger partial charge in [-0.15, -0.1) is 5.10 Å². The van der Waals surface area contributed by atoms with Gasteiger partial charge in [-0.25, -0.2) is 14.3 Å². The summed E-state index contributed by atoms with van der Waals surface area (Å²) in [5.41, 5.74) is 5.48. The van der Waals surface area contributed by atoms with Crippen molar-refractivity contribution in [2.24, 2.45) is 0 Å². The van der Waals surface area contributed by atoms with E-state index < -0.39 is 0 Å². The van der Waals surface area contributed by atoms with Crippen LogP contribution in [-0.2, 0) is 6.54 Å². The summed E-state index contributed by atoms with van der Waals surface area (Å²) in [5, 5.41) is 13.8. The number of fused-ring (bicyclic) bond motifs is 2. The van der Waals surface area contributed by atoms with Crippen LogP contribution in [0.5, 0.6) is 5.88 Å². The van der Waals surface area contributed by atoms with E-state index in [0.29, 0.717) is 41.7 Å². The average Bonchev–Trinajstić information content (AvgIpc) is 3.46. The van der Waals surface area contributed by atoms with E-state index in [1.54, 1.807) is 10.9 Å². The fourth-order valence-electron chi connectivity index (χ4n) is 4.08. The van der Waals surface area contributed by atoms with Gasteiger partial charge in [0.2, 0.25) is 5.95 Å². The number of nitrogens with one attached hydrogen (secondary N) is 1. The molecule has 1 aliphatic heterocycles. The summed E-state index contributed by atoms with van der Waals surface area (Å²) in [6, 6.07) is 4.07. The Bertz CT molecular complexity index is 1320. The van der Waals surface area contributed by atoms with E-state index in [1.165, 1.54) is 0 Å². The molecule has 0 radical (unpaired) electrons. The lowest BCUT2D eigenvalue weighted by Crippen LogP contribution is -2.08. The molecular weight excluding hydrogens is 416 g/mol. The molecule has 10 heteroatoms. The predicted octanol–water partition coefficient (Wildman–Crippen LogP) is 4.08. The fourth-order valence-corrected chi connectivity index (χ4v) is 4.31. The maximum Gasteiger partial charge on any atom is 0.257 e. The Labute approximate surface area is 183 Å². The van der Waals surface area contributed by atoms with Crippen molar-refractivity contribution in [2.75, 3.05) is 11.9 Å². The summed E-state index contributed by atoms with van der Waals surface area (Å²) >= 11 is 6.27. The van der Waals surface area contributed by atoms with Gasteiger partial charge < -0.3 is 10.1 Å². The van der Waals surface area contributed by atoms with Crippen LogP contribution >= 0.6 is 11.6 Å². The number of pyridine rings is 1. The number of aromatic nitrogens is 7. The van der Waals surface area contributed by atoms with E-state index in [9.17, 15) is 0 Å². The highest BCUT2D eigenvalue weighted by Crippen LogP contribution is 2.48. The van der Waals surface area contributed by atoms with E-state index in [4.69, 9.17) is 26.4 Å². The van der Waals surface area contributed by atoms with Gasteiger partial charge in [-0.2, -0.15) is 10.1 Å². The van der Waals surface area contributed by atoms with Crippen molar-refractivity contribution in [3.63, 3.8) is 0 Å².